The highest BCUT2D eigenvalue weighted by atomic mass is 16.5. The Morgan fingerprint density at radius 2 is 2.29 bits per heavy atom. The SMILES string of the molecule is CN1CCC2(COCc3cnc(-c4cccnc4)nc32)C1. The van der Waals surface area contributed by atoms with Crippen LogP contribution in [0.3, 0.4) is 0 Å². The highest BCUT2D eigenvalue weighted by Crippen LogP contribution is 2.38. The maximum atomic E-state index is 5.81. The molecule has 108 valence electrons. The molecule has 21 heavy (non-hydrogen) atoms. The fraction of sp³-hybridized carbons (Fsp3) is 0.438. The van der Waals surface area contributed by atoms with E-state index in [1.807, 2.05) is 24.5 Å². The monoisotopic (exact) mass is 282 g/mol. The first-order chi connectivity index (χ1) is 10.3. The minimum absolute atomic E-state index is 0.0300. The molecule has 0 N–H and O–H groups in total. The molecule has 0 aromatic carbocycles. The molecular formula is C16H18N4O. The summed E-state index contributed by atoms with van der Waals surface area (Å²) in [6, 6.07) is 3.92. The number of nitrogens with zero attached hydrogens (tertiary/aromatic N) is 4. The lowest BCUT2D eigenvalue weighted by molar-refractivity contribution is 0.0516. The lowest BCUT2D eigenvalue weighted by atomic mass is 9.80. The van der Waals surface area contributed by atoms with E-state index in [4.69, 9.17) is 9.72 Å². The van der Waals surface area contributed by atoms with Crippen LogP contribution in [0.25, 0.3) is 11.4 Å². The van der Waals surface area contributed by atoms with Crippen LogP contribution in [0.2, 0.25) is 0 Å². The molecule has 2 aliphatic heterocycles. The first-order valence-corrected chi connectivity index (χ1v) is 7.30. The summed E-state index contributed by atoms with van der Waals surface area (Å²) < 4.78 is 5.81. The number of pyridine rings is 1. The van der Waals surface area contributed by atoms with Crippen LogP contribution >= 0.6 is 0 Å². The Morgan fingerprint density at radius 3 is 3.05 bits per heavy atom. The Bertz CT molecular complexity index is 661. The van der Waals surface area contributed by atoms with Crippen LogP contribution in [0.4, 0.5) is 0 Å². The van der Waals surface area contributed by atoms with Crippen LogP contribution in [0.5, 0.6) is 0 Å². The molecule has 2 aromatic rings. The van der Waals surface area contributed by atoms with E-state index >= 15 is 0 Å². The summed E-state index contributed by atoms with van der Waals surface area (Å²) in [5.41, 5.74) is 3.30. The second-order valence-corrected chi connectivity index (χ2v) is 6.07. The first-order valence-electron chi connectivity index (χ1n) is 7.30. The van der Waals surface area contributed by atoms with Gasteiger partial charge in [0.15, 0.2) is 5.82 Å². The molecule has 2 aliphatic rings. The van der Waals surface area contributed by atoms with Crippen molar-refractivity contribution in [3.05, 3.63) is 42.0 Å². The predicted octanol–water partition coefficient (Wildman–Crippen LogP) is 1.64. The molecule has 0 amide bonds. The number of likely N-dealkylation sites (tertiary alicyclic amines) is 1. The maximum absolute atomic E-state index is 5.81. The van der Waals surface area contributed by atoms with Gasteiger partial charge in [-0.2, -0.15) is 0 Å². The minimum atomic E-state index is 0.0300. The first kappa shape index (κ1) is 12.9. The number of hydrogen-bond acceptors (Lipinski definition) is 5. The summed E-state index contributed by atoms with van der Waals surface area (Å²) in [5, 5.41) is 0. The smallest absolute Gasteiger partial charge is 0.160 e. The Labute approximate surface area is 124 Å². The normalized spacial score (nSPS) is 25.2. The van der Waals surface area contributed by atoms with Gasteiger partial charge in [0.25, 0.3) is 0 Å². The van der Waals surface area contributed by atoms with E-state index in [1.54, 1.807) is 6.20 Å². The Balaban J connectivity index is 1.81. The number of fused-ring (bicyclic) bond motifs is 2. The van der Waals surface area contributed by atoms with Crippen molar-refractivity contribution in [1.29, 1.82) is 0 Å². The van der Waals surface area contributed by atoms with E-state index < -0.39 is 0 Å². The van der Waals surface area contributed by atoms with Gasteiger partial charge in [0.2, 0.25) is 0 Å². The van der Waals surface area contributed by atoms with Crippen molar-refractivity contribution in [3.8, 4) is 11.4 Å². The number of aromatic nitrogens is 3. The van der Waals surface area contributed by atoms with Gasteiger partial charge in [-0.3, -0.25) is 4.98 Å². The van der Waals surface area contributed by atoms with Crippen molar-refractivity contribution in [3.63, 3.8) is 0 Å². The number of likely N-dealkylation sites (N-methyl/N-ethyl adjacent to an activating group) is 1. The average Bonchev–Trinajstić information content (AvgIpc) is 2.90. The summed E-state index contributed by atoms with van der Waals surface area (Å²) in [4.78, 5) is 15.9. The van der Waals surface area contributed by atoms with Gasteiger partial charge in [-0.1, -0.05) is 0 Å². The van der Waals surface area contributed by atoms with Gasteiger partial charge in [0.1, 0.15) is 0 Å². The molecule has 5 heteroatoms. The summed E-state index contributed by atoms with van der Waals surface area (Å²) >= 11 is 0. The van der Waals surface area contributed by atoms with E-state index in [0.717, 1.165) is 43.1 Å². The largest absolute Gasteiger partial charge is 0.376 e. The molecular weight excluding hydrogens is 264 g/mol. The molecule has 0 bridgehead atoms. The fourth-order valence-corrected chi connectivity index (χ4v) is 3.42. The second-order valence-electron chi connectivity index (χ2n) is 6.07. The zero-order valence-corrected chi connectivity index (χ0v) is 12.1. The Kier molecular flexibility index (Phi) is 2.97. The summed E-state index contributed by atoms with van der Waals surface area (Å²) in [5.74, 6) is 0.762. The van der Waals surface area contributed by atoms with Crippen LogP contribution < -0.4 is 0 Å². The van der Waals surface area contributed by atoms with Crippen LogP contribution in [0, 0.1) is 0 Å². The summed E-state index contributed by atoms with van der Waals surface area (Å²) in [6.07, 6.45) is 6.60. The van der Waals surface area contributed by atoms with Crippen molar-refractivity contribution in [2.24, 2.45) is 0 Å². The highest BCUT2D eigenvalue weighted by Gasteiger charge is 2.43. The molecule has 5 nitrogen and oxygen atoms in total. The van der Waals surface area contributed by atoms with E-state index in [9.17, 15) is 0 Å². The number of rotatable bonds is 1. The van der Waals surface area contributed by atoms with E-state index in [-0.39, 0.29) is 5.41 Å². The quantitative estimate of drug-likeness (QED) is 0.796. The third-order valence-electron chi connectivity index (χ3n) is 4.47. The molecule has 1 saturated heterocycles. The topological polar surface area (TPSA) is 51.1 Å². The molecule has 0 saturated carbocycles. The van der Waals surface area contributed by atoms with Gasteiger partial charge in [-0.15, -0.1) is 0 Å². The molecule has 0 aliphatic carbocycles. The van der Waals surface area contributed by atoms with Gasteiger partial charge in [0.05, 0.1) is 24.3 Å². The number of ether oxygens (including phenoxy) is 1. The van der Waals surface area contributed by atoms with Crippen molar-refractivity contribution >= 4 is 0 Å². The zero-order chi connectivity index (χ0) is 14.3. The third-order valence-corrected chi connectivity index (χ3v) is 4.47. The molecule has 2 aromatic heterocycles. The maximum Gasteiger partial charge on any atom is 0.160 e. The standard InChI is InChI=1S/C16H18N4O/c1-20-6-4-16(10-20)11-21-9-13-8-18-15(19-14(13)16)12-3-2-5-17-7-12/h2-3,5,7-8H,4,6,9-11H2,1H3. The zero-order valence-electron chi connectivity index (χ0n) is 12.1. The average molecular weight is 282 g/mol. The lowest BCUT2D eigenvalue weighted by Gasteiger charge is -2.34. The van der Waals surface area contributed by atoms with Crippen molar-refractivity contribution in [2.45, 2.75) is 18.4 Å². The molecule has 0 radical (unpaired) electrons. The summed E-state index contributed by atoms with van der Waals surface area (Å²) in [6.45, 7) is 3.47. The van der Waals surface area contributed by atoms with E-state index in [1.165, 1.54) is 5.69 Å². The molecule has 1 unspecified atom stereocenters. The molecule has 1 spiro atoms. The van der Waals surface area contributed by atoms with Crippen LogP contribution in [0.15, 0.2) is 30.7 Å². The van der Waals surface area contributed by atoms with E-state index in [2.05, 4.69) is 21.9 Å². The van der Waals surface area contributed by atoms with Gasteiger partial charge in [-0.05, 0) is 32.1 Å². The van der Waals surface area contributed by atoms with Crippen LogP contribution in [-0.2, 0) is 16.8 Å². The summed E-state index contributed by atoms with van der Waals surface area (Å²) in [7, 11) is 2.16. The molecule has 1 fully saturated rings. The molecule has 1 atom stereocenters. The number of hydrogen-bond donors (Lipinski definition) is 0. The van der Waals surface area contributed by atoms with Crippen LogP contribution in [0.1, 0.15) is 17.7 Å². The van der Waals surface area contributed by atoms with Gasteiger partial charge < -0.3 is 9.64 Å². The fourth-order valence-electron chi connectivity index (χ4n) is 3.42. The second kappa shape index (κ2) is 4.86. The molecule has 4 heterocycles. The minimum Gasteiger partial charge on any atom is -0.376 e. The van der Waals surface area contributed by atoms with Gasteiger partial charge in [0, 0.05) is 36.3 Å². The highest BCUT2D eigenvalue weighted by molar-refractivity contribution is 5.54. The third kappa shape index (κ3) is 2.13. The van der Waals surface area contributed by atoms with Crippen molar-refractivity contribution in [2.75, 3.05) is 26.7 Å². The lowest BCUT2D eigenvalue weighted by Crippen LogP contribution is -2.40. The van der Waals surface area contributed by atoms with Crippen molar-refractivity contribution < 1.29 is 4.74 Å². The van der Waals surface area contributed by atoms with Crippen LogP contribution in [-0.4, -0.2) is 46.6 Å². The van der Waals surface area contributed by atoms with Gasteiger partial charge >= 0.3 is 0 Å². The molecule has 4 rings (SSSR count). The Morgan fingerprint density at radius 1 is 1.33 bits per heavy atom. The predicted molar refractivity (Wildman–Crippen MR) is 78.7 cm³/mol. The van der Waals surface area contributed by atoms with E-state index in [0.29, 0.717) is 6.61 Å². The van der Waals surface area contributed by atoms with Crippen molar-refractivity contribution in [1.82, 2.24) is 19.9 Å². The Hall–Kier alpha value is -1.85. The van der Waals surface area contributed by atoms with Gasteiger partial charge in [-0.25, -0.2) is 9.97 Å².